The third-order valence-corrected chi connectivity index (χ3v) is 5.69. The molecule has 1 aromatic heterocycles. The molecule has 0 bridgehead atoms. The Balaban J connectivity index is 1.49. The number of carbonyl (C=O) groups excluding carboxylic acids is 1. The number of fused-ring (bicyclic) bond motifs is 2. The standard InChI is InChI=1S/C20H19NO2S/c1-14-16-10-12-24-19(16)9-11-21(14)20(22)13-23-18-8-4-6-15-5-2-3-7-17(15)18/h2-8,10,12,14H,9,11,13H2,1H3/t14-/m0/s1. The molecule has 1 atom stereocenters. The Bertz CT molecular complexity index is 881. The van der Waals surface area contributed by atoms with Gasteiger partial charge in [0.05, 0.1) is 6.04 Å². The van der Waals surface area contributed by atoms with Crippen molar-refractivity contribution in [1.82, 2.24) is 4.90 Å². The zero-order valence-corrected chi connectivity index (χ0v) is 14.4. The van der Waals surface area contributed by atoms with E-state index in [2.05, 4.69) is 30.5 Å². The number of rotatable bonds is 3. The molecule has 0 N–H and O–H groups in total. The lowest BCUT2D eigenvalue weighted by Crippen LogP contribution is -2.40. The first-order chi connectivity index (χ1) is 11.7. The maximum Gasteiger partial charge on any atom is 0.261 e. The van der Waals surface area contributed by atoms with Gasteiger partial charge in [0.2, 0.25) is 0 Å². The summed E-state index contributed by atoms with van der Waals surface area (Å²) in [5.41, 5.74) is 1.28. The summed E-state index contributed by atoms with van der Waals surface area (Å²) in [5.74, 6) is 0.814. The van der Waals surface area contributed by atoms with Crippen LogP contribution in [0, 0.1) is 0 Å². The Morgan fingerprint density at radius 3 is 2.96 bits per heavy atom. The third kappa shape index (κ3) is 2.67. The van der Waals surface area contributed by atoms with Crippen molar-refractivity contribution in [2.24, 2.45) is 0 Å². The molecule has 0 unspecified atom stereocenters. The van der Waals surface area contributed by atoms with Crippen molar-refractivity contribution in [3.05, 3.63) is 64.4 Å². The molecule has 0 spiro atoms. The van der Waals surface area contributed by atoms with Gasteiger partial charge in [0.15, 0.2) is 6.61 Å². The molecule has 4 rings (SSSR count). The van der Waals surface area contributed by atoms with Crippen LogP contribution in [0.5, 0.6) is 5.75 Å². The average Bonchev–Trinajstić information content (AvgIpc) is 3.09. The number of benzene rings is 2. The first-order valence-corrected chi connectivity index (χ1v) is 9.08. The van der Waals surface area contributed by atoms with E-state index in [1.807, 2.05) is 35.2 Å². The van der Waals surface area contributed by atoms with Crippen LogP contribution in [0.25, 0.3) is 10.8 Å². The zero-order chi connectivity index (χ0) is 16.5. The van der Waals surface area contributed by atoms with Crippen LogP contribution in [-0.4, -0.2) is 24.0 Å². The molecule has 4 heteroatoms. The van der Waals surface area contributed by atoms with E-state index in [9.17, 15) is 4.79 Å². The van der Waals surface area contributed by atoms with Crippen molar-refractivity contribution >= 4 is 28.0 Å². The van der Waals surface area contributed by atoms with E-state index >= 15 is 0 Å². The molecule has 0 fully saturated rings. The second-order valence-electron chi connectivity index (χ2n) is 6.08. The molecule has 24 heavy (non-hydrogen) atoms. The molecule has 2 heterocycles. The minimum atomic E-state index is 0.0484. The minimum absolute atomic E-state index is 0.0484. The molecule has 0 saturated carbocycles. The lowest BCUT2D eigenvalue weighted by atomic mass is 10.0. The highest BCUT2D eigenvalue weighted by Crippen LogP contribution is 2.33. The van der Waals surface area contributed by atoms with Crippen molar-refractivity contribution in [2.45, 2.75) is 19.4 Å². The fourth-order valence-corrected chi connectivity index (χ4v) is 4.36. The minimum Gasteiger partial charge on any atom is -0.483 e. The molecule has 3 aromatic rings. The first-order valence-electron chi connectivity index (χ1n) is 8.20. The van der Waals surface area contributed by atoms with Crippen molar-refractivity contribution < 1.29 is 9.53 Å². The van der Waals surface area contributed by atoms with Gasteiger partial charge in [-0.25, -0.2) is 0 Å². The highest BCUT2D eigenvalue weighted by molar-refractivity contribution is 7.10. The molecule has 0 radical (unpaired) electrons. The Labute approximate surface area is 145 Å². The van der Waals surface area contributed by atoms with E-state index in [0.717, 1.165) is 29.5 Å². The van der Waals surface area contributed by atoms with Gasteiger partial charge in [0, 0.05) is 16.8 Å². The van der Waals surface area contributed by atoms with Crippen LogP contribution in [-0.2, 0) is 11.2 Å². The summed E-state index contributed by atoms with van der Waals surface area (Å²) in [4.78, 5) is 16.0. The lowest BCUT2D eigenvalue weighted by Gasteiger charge is -2.33. The molecule has 1 aliphatic heterocycles. The van der Waals surface area contributed by atoms with Gasteiger partial charge in [-0.2, -0.15) is 0 Å². The zero-order valence-electron chi connectivity index (χ0n) is 13.6. The van der Waals surface area contributed by atoms with Crippen molar-refractivity contribution in [3.8, 4) is 5.75 Å². The van der Waals surface area contributed by atoms with Gasteiger partial charge in [-0.3, -0.25) is 4.79 Å². The second kappa shape index (κ2) is 6.29. The monoisotopic (exact) mass is 337 g/mol. The van der Waals surface area contributed by atoms with E-state index in [-0.39, 0.29) is 18.6 Å². The van der Waals surface area contributed by atoms with Crippen LogP contribution in [0.2, 0.25) is 0 Å². The average molecular weight is 337 g/mol. The van der Waals surface area contributed by atoms with Crippen molar-refractivity contribution in [3.63, 3.8) is 0 Å². The summed E-state index contributed by atoms with van der Waals surface area (Å²) in [5, 5.41) is 4.28. The number of amides is 1. The van der Waals surface area contributed by atoms with E-state index < -0.39 is 0 Å². The van der Waals surface area contributed by atoms with E-state index in [1.54, 1.807) is 11.3 Å². The van der Waals surface area contributed by atoms with Crippen LogP contribution in [0.4, 0.5) is 0 Å². The summed E-state index contributed by atoms with van der Waals surface area (Å²) in [6, 6.07) is 16.3. The highest BCUT2D eigenvalue weighted by Gasteiger charge is 2.28. The molecule has 1 amide bonds. The van der Waals surface area contributed by atoms with Crippen LogP contribution in [0.3, 0.4) is 0 Å². The van der Waals surface area contributed by atoms with Crippen molar-refractivity contribution in [1.29, 1.82) is 0 Å². The normalized spacial score (nSPS) is 16.9. The topological polar surface area (TPSA) is 29.5 Å². The van der Waals surface area contributed by atoms with Gasteiger partial charge in [-0.15, -0.1) is 11.3 Å². The Morgan fingerprint density at radius 1 is 1.21 bits per heavy atom. The SMILES string of the molecule is C[C@H]1c2ccsc2CCN1C(=O)COc1cccc2ccccc12. The maximum atomic E-state index is 12.7. The second-order valence-corrected chi connectivity index (χ2v) is 7.08. The van der Waals surface area contributed by atoms with Gasteiger partial charge in [-0.05, 0) is 41.8 Å². The summed E-state index contributed by atoms with van der Waals surface area (Å²) in [6.07, 6.45) is 0.942. The number of ether oxygens (including phenoxy) is 1. The molecule has 2 aromatic carbocycles. The molecular weight excluding hydrogens is 318 g/mol. The largest absolute Gasteiger partial charge is 0.483 e. The molecular formula is C20H19NO2S. The predicted octanol–water partition coefficient (Wildman–Crippen LogP) is 4.43. The smallest absolute Gasteiger partial charge is 0.261 e. The van der Waals surface area contributed by atoms with Crippen LogP contribution < -0.4 is 4.74 Å². The number of hydrogen-bond acceptors (Lipinski definition) is 3. The van der Waals surface area contributed by atoms with Gasteiger partial charge in [-0.1, -0.05) is 36.4 Å². The van der Waals surface area contributed by atoms with Gasteiger partial charge >= 0.3 is 0 Å². The number of hydrogen-bond donors (Lipinski definition) is 0. The first kappa shape index (κ1) is 15.2. The van der Waals surface area contributed by atoms with Gasteiger partial charge < -0.3 is 9.64 Å². The lowest BCUT2D eigenvalue weighted by molar-refractivity contribution is -0.135. The van der Waals surface area contributed by atoms with Crippen LogP contribution in [0.15, 0.2) is 53.9 Å². The fraction of sp³-hybridized carbons (Fsp3) is 0.250. The molecule has 122 valence electrons. The van der Waals surface area contributed by atoms with E-state index in [0.29, 0.717) is 0 Å². The van der Waals surface area contributed by atoms with E-state index in [1.165, 1.54) is 10.4 Å². The Kier molecular flexibility index (Phi) is 3.98. The Morgan fingerprint density at radius 2 is 2.04 bits per heavy atom. The molecule has 0 aliphatic carbocycles. The summed E-state index contributed by atoms with van der Waals surface area (Å²) in [6.45, 7) is 2.95. The van der Waals surface area contributed by atoms with Gasteiger partial charge in [0.1, 0.15) is 5.75 Å². The third-order valence-electron chi connectivity index (χ3n) is 4.70. The maximum absolute atomic E-state index is 12.7. The fourth-order valence-electron chi connectivity index (χ4n) is 3.39. The number of thiophene rings is 1. The van der Waals surface area contributed by atoms with E-state index in [4.69, 9.17) is 4.74 Å². The summed E-state index contributed by atoms with van der Waals surface area (Å²) >= 11 is 1.79. The molecule has 0 saturated heterocycles. The van der Waals surface area contributed by atoms with Crippen molar-refractivity contribution in [2.75, 3.05) is 13.2 Å². The number of nitrogens with zero attached hydrogens (tertiary/aromatic N) is 1. The van der Waals surface area contributed by atoms with Crippen LogP contribution >= 0.6 is 11.3 Å². The Hall–Kier alpha value is -2.33. The number of carbonyl (C=O) groups is 1. The van der Waals surface area contributed by atoms with Crippen LogP contribution in [0.1, 0.15) is 23.4 Å². The molecule has 3 nitrogen and oxygen atoms in total. The highest BCUT2D eigenvalue weighted by atomic mass is 32.1. The summed E-state index contributed by atoms with van der Waals surface area (Å²) < 4.78 is 5.86. The van der Waals surface area contributed by atoms with Gasteiger partial charge in [0.25, 0.3) is 5.91 Å². The summed E-state index contributed by atoms with van der Waals surface area (Å²) in [7, 11) is 0. The quantitative estimate of drug-likeness (QED) is 0.708. The predicted molar refractivity (Wildman–Crippen MR) is 97.6 cm³/mol. The molecule has 1 aliphatic rings.